The summed E-state index contributed by atoms with van der Waals surface area (Å²) in [7, 11) is 3.11. The highest BCUT2D eigenvalue weighted by Crippen LogP contribution is 2.28. The fourth-order valence-electron chi connectivity index (χ4n) is 2.12. The predicted molar refractivity (Wildman–Crippen MR) is 93.0 cm³/mol. The minimum absolute atomic E-state index is 0.313. The average molecular weight is 330 g/mol. The Hall–Kier alpha value is -2.89. The zero-order chi connectivity index (χ0) is 17.4. The zero-order valence-corrected chi connectivity index (χ0v) is 14.1. The first-order chi connectivity index (χ1) is 11.7. The van der Waals surface area contributed by atoms with Crippen LogP contribution in [0.25, 0.3) is 0 Å². The summed E-state index contributed by atoms with van der Waals surface area (Å²) in [5.74, 6) is 2.01. The first kappa shape index (κ1) is 17.5. The number of nitrogens with one attached hydrogen (secondary N) is 2. The quantitative estimate of drug-likeness (QED) is 0.816. The molecule has 2 N–H and O–H groups in total. The Bertz CT molecular complexity index is 671. The fourth-order valence-corrected chi connectivity index (χ4v) is 2.12. The van der Waals surface area contributed by atoms with Crippen molar-refractivity contribution in [2.75, 3.05) is 26.1 Å². The van der Waals surface area contributed by atoms with Crippen LogP contribution in [0, 0.1) is 0 Å². The van der Waals surface area contributed by atoms with Crippen LogP contribution in [0.15, 0.2) is 42.5 Å². The number of rotatable bonds is 7. The Labute approximate surface area is 141 Å². The lowest BCUT2D eigenvalue weighted by Crippen LogP contribution is -2.28. The van der Waals surface area contributed by atoms with Crippen LogP contribution in [0.5, 0.6) is 17.2 Å². The Kier molecular flexibility index (Phi) is 6.31. The number of hydrogen-bond acceptors (Lipinski definition) is 4. The largest absolute Gasteiger partial charge is 0.497 e. The molecule has 6 nitrogen and oxygen atoms in total. The standard InChI is InChI=1S/C18H22N2O4/c1-4-24-14-7-5-13(6-8-14)12-19-18(21)20-16-10-9-15(22-2)11-17(16)23-3/h5-11H,4,12H2,1-3H3,(H2,19,20,21). The Morgan fingerprint density at radius 1 is 1.00 bits per heavy atom. The molecule has 0 saturated heterocycles. The van der Waals surface area contributed by atoms with Crippen LogP contribution in [0.1, 0.15) is 12.5 Å². The molecule has 0 aliphatic rings. The van der Waals surface area contributed by atoms with Crippen LogP contribution in [0.4, 0.5) is 10.5 Å². The van der Waals surface area contributed by atoms with E-state index in [1.165, 1.54) is 7.11 Å². The van der Waals surface area contributed by atoms with Crippen molar-refractivity contribution in [1.29, 1.82) is 0 Å². The number of carbonyl (C=O) groups excluding carboxylic acids is 1. The summed E-state index contributed by atoms with van der Waals surface area (Å²) in [6, 6.07) is 12.5. The van der Waals surface area contributed by atoms with E-state index >= 15 is 0 Å². The molecule has 2 rings (SSSR count). The summed E-state index contributed by atoms with van der Waals surface area (Å²) in [5, 5.41) is 5.56. The smallest absolute Gasteiger partial charge is 0.319 e. The van der Waals surface area contributed by atoms with Gasteiger partial charge in [-0.15, -0.1) is 0 Å². The Morgan fingerprint density at radius 3 is 2.33 bits per heavy atom. The molecule has 6 heteroatoms. The van der Waals surface area contributed by atoms with E-state index in [-0.39, 0.29) is 6.03 Å². The summed E-state index contributed by atoms with van der Waals surface area (Å²) < 4.78 is 15.8. The monoisotopic (exact) mass is 330 g/mol. The van der Waals surface area contributed by atoms with Gasteiger partial charge in [-0.3, -0.25) is 0 Å². The second-order valence-electron chi connectivity index (χ2n) is 4.95. The minimum atomic E-state index is -0.313. The third-order valence-electron chi connectivity index (χ3n) is 3.34. The van der Waals surface area contributed by atoms with Crippen LogP contribution in [-0.2, 0) is 6.54 Å². The second kappa shape index (κ2) is 8.67. The minimum Gasteiger partial charge on any atom is -0.497 e. The first-order valence-corrected chi connectivity index (χ1v) is 7.65. The Balaban J connectivity index is 1.91. The van der Waals surface area contributed by atoms with Crippen LogP contribution in [-0.4, -0.2) is 26.9 Å². The number of amides is 2. The topological polar surface area (TPSA) is 68.8 Å². The van der Waals surface area contributed by atoms with Crippen molar-refractivity contribution in [3.8, 4) is 17.2 Å². The van der Waals surface area contributed by atoms with E-state index < -0.39 is 0 Å². The number of anilines is 1. The molecular formula is C18H22N2O4. The van der Waals surface area contributed by atoms with Gasteiger partial charge in [0.05, 0.1) is 26.5 Å². The third kappa shape index (κ3) is 4.81. The number of hydrogen-bond donors (Lipinski definition) is 2. The number of carbonyl (C=O) groups is 1. The van der Waals surface area contributed by atoms with E-state index in [0.29, 0.717) is 30.3 Å². The molecule has 0 radical (unpaired) electrons. The second-order valence-corrected chi connectivity index (χ2v) is 4.95. The predicted octanol–water partition coefficient (Wildman–Crippen LogP) is 3.42. The maximum atomic E-state index is 12.0. The van der Waals surface area contributed by atoms with Crippen molar-refractivity contribution in [3.05, 3.63) is 48.0 Å². The third-order valence-corrected chi connectivity index (χ3v) is 3.34. The fraction of sp³-hybridized carbons (Fsp3) is 0.278. The van der Waals surface area contributed by atoms with Crippen molar-refractivity contribution in [1.82, 2.24) is 5.32 Å². The number of urea groups is 1. The molecule has 0 aliphatic carbocycles. The molecule has 0 aromatic heterocycles. The molecule has 0 fully saturated rings. The summed E-state index contributed by atoms with van der Waals surface area (Å²) in [5.41, 5.74) is 1.55. The summed E-state index contributed by atoms with van der Waals surface area (Å²) >= 11 is 0. The molecule has 0 bridgehead atoms. The molecule has 0 aliphatic heterocycles. The van der Waals surface area contributed by atoms with Crippen molar-refractivity contribution in [2.24, 2.45) is 0 Å². The molecular weight excluding hydrogens is 308 g/mol. The van der Waals surface area contributed by atoms with Gasteiger partial charge in [0, 0.05) is 12.6 Å². The van der Waals surface area contributed by atoms with Crippen molar-refractivity contribution < 1.29 is 19.0 Å². The van der Waals surface area contributed by atoms with Gasteiger partial charge in [-0.1, -0.05) is 12.1 Å². The summed E-state index contributed by atoms with van der Waals surface area (Å²) in [6.07, 6.45) is 0. The first-order valence-electron chi connectivity index (χ1n) is 7.65. The molecule has 0 atom stereocenters. The number of ether oxygens (including phenoxy) is 3. The molecule has 0 unspecified atom stereocenters. The normalized spacial score (nSPS) is 9.96. The van der Waals surface area contributed by atoms with Crippen LogP contribution in [0.2, 0.25) is 0 Å². The van der Waals surface area contributed by atoms with Gasteiger partial charge in [0.1, 0.15) is 17.2 Å². The molecule has 2 amide bonds. The van der Waals surface area contributed by atoms with Gasteiger partial charge in [0.2, 0.25) is 0 Å². The van der Waals surface area contributed by atoms with Gasteiger partial charge in [-0.2, -0.15) is 0 Å². The summed E-state index contributed by atoms with van der Waals surface area (Å²) in [6.45, 7) is 2.98. The van der Waals surface area contributed by atoms with Crippen LogP contribution in [0.3, 0.4) is 0 Å². The Morgan fingerprint density at radius 2 is 1.71 bits per heavy atom. The zero-order valence-electron chi connectivity index (χ0n) is 14.1. The average Bonchev–Trinajstić information content (AvgIpc) is 2.61. The number of methoxy groups -OCH3 is 2. The highest BCUT2D eigenvalue weighted by Gasteiger charge is 2.08. The maximum Gasteiger partial charge on any atom is 0.319 e. The van der Waals surface area contributed by atoms with Gasteiger partial charge in [0.25, 0.3) is 0 Å². The van der Waals surface area contributed by atoms with E-state index in [1.54, 1.807) is 25.3 Å². The van der Waals surface area contributed by atoms with Crippen LogP contribution >= 0.6 is 0 Å². The molecule has 2 aromatic carbocycles. The van der Waals surface area contributed by atoms with E-state index in [4.69, 9.17) is 14.2 Å². The van der Waals surface area contributed by atoms with E-state index in [9.17, 15) is 4.79 Å². The maximum absolute atomic E-state index is 12.0. The highest BCUT2D eigenvalue weighted by molar-refractivity contribution is 5.91. The highest BCUT2D eigenvalue weighted by atomic mass is 16.5. The molecule has 2 aromatic rings. The van der Waals surface area contributed by atoms with Crippen molar-refractivity contribution >= 4 is 11.7 Å². The lowest BCUT2D eigenvalue weighted by atomic mass is 10.2. The van der Waals surface area contributed by atoms with Gasteiger partial charge in [-0.05, 0) is 36.8 Å². The number of benzene rings is 2. The van der Waals surface area contributed by atoms with Crippen LogP contribution < -0.4 is 24.8 Å². The summed E-state index contributed by atoms with van der Waals surface area (Å²) in [4.78, 5) is 12.0. The van der Waals surface area contributed by atoms with Gasteiger partial charge >= 0.3 is 6.03 Å². The molecule has 128 valence electrons. The molecule has 0 spiro atoms. The SMILES string of the molecule is CCOc1ccc(CNC(=O)Nc2ccc(OC)cc2OC)cc1. The van der Waals surface area contributed by atoms with E-state index in [2.05, 4.69) is 10.6 Å². The van der Waals surface area contributed by atoms with E-state index in [1.807, 2.05) is 31.2 Å². The molecule has 24 heavy (non-hydrogen) atoms. The lowest BCUT2D eigenvalue weighted by Gasteiger charge is -2.12. The van der Waals surface area contributed by atoms with Gasteiger partial charge < -0.3 is 24.8 Å². The molecule has 0 saturated carbocycles. The molecule has 0 heterocycles. The van der Waals surface area contributed by atoms with Crippen molar-refractivity contribution in [3.63, 3.8) is 0 Å². The van der Waals surface area contributed by atoms with Gasteiger partial charge in [-0.25, -0.2) is 4.79 Å². The van der Waals surface area contributed by atoms with Crippen molar-refractivity contribution in [2.45, 2.75) is 13.5 Å². The van der Waals surface area contributed by atoms with Gasteiger partial charge in [0.15, 0.2) is 0 Å². The lowest BCUT2D eigenvalue weighted by molar-refractivity contribution is 0.251. The van der Waals surface area contributed by atoms with E-state index in [0.717, 1.165) is 11.3 Å².